The number of halogens is 4. The number of carbonyl (C=O) groups is 1. The second-order valence-corrected chi connectivity index (χ2v) is 10.1. The molecule has 2 rings (SSSR count). The Kier molecular flexibility index (Phi) is 8.17. The van der Waals surface area contributed by atoms with Crippen molar-refractivity contribution in [3.63, 3.8) is 0 Å². The SMILES string of the molecule is CC(C)OC(=O)C(c1ccccc1)(c1ccccc1)C(C)C(I)CC(F)(Cl)Cl. The summed E-state index contributed by atoms with van der Waals surface area (Å²) in [6.07, 6.45) is -0.408. The number of alkyl halides is 4. The molecule has 0 aliphatic heterocycles. The van der Waals surface area contributed by atoms with Crippen molar-refractivity contribution in [3.05, 3.63) is 71.8 Å². The maximum Gasteiger partial charge on any atom is 0.321 e. The van der Waals surface area contributed by atoms with Crippen LogP contribution in [-0.4, -0.2) is 20.6 Å². The van der Waals surface area contributed by atoms with Crippen LogP contribution in [0, 0.1) is 5.92 Å². The Bertz CT molecular complexity index is 724. The highest BCUT2D eigenvalue weighted by Gasteiger charge is 2.51. The zero-order chi connectivity index (χ0) is 20.9. The fraction of sp³-hybridized carbons (Fsp3) is 0.409. The van der Waals surface area contributed by atoms with Crippen LogP contribution in [0.1, 0.15) is 38.3 Å². The van der Waals surface area contributed by atoms with E-state index in [1.165, 1.54) is 0 Å². The number of carbonyl (C=O) groups excluding carboxylic acids is 1. The van der Waals surface area contributed by atoms with Crippen molar-refractivity contribution < 1.29 is 13.9 Å². The molecule has 2 aromatic rings. The number of benzene rings is 2. The van der Waals surface area contributed by atoms with E-state index in [-0.39, 0.29) is 28.3 Å². The molecule has 0 aliphatic carbocycles. The molecule has 0 aromatic heterocycles. The van der Waals surface area contributed by atoms with Gasteiger partial charge in [0.1, 0.15) is 5.41 Å². The zero-order valence-electron chi connectivity index (χ0n) is 16.0. The number of rotatable bonds is 8. The van der Waals surface area contributed by atoms with Crippen molar-refractivity contribution in [2.45, 2.75) is 47.2 Å². The minimum absolute atomic E-state index is 0.117. The minimum Gasteiger partial charge on any atom is -0.462 e. The summed E-state index contributed by atoms with van der Waals surface area (Å²) in [6.45, 7) is 5.54. The first-order valence-corrected chi connectivity index (χ1v) is 11.1. The molecule has 0 amide bonds. The van der Waals surface area contributed by atoms with Crippen LogP contribution >= 0.6 is 45.8 Å². The fourth-order valence-electron chi connectivity index (χ4n) is 3.49. The van der Waals surface area contributed by atoms with E-state index >= 15 is 0 Å². The van der Waals surface area contributed by atoms with Gasteiger partial charge >= 0.3 is 5.97 Å². The van der Waals surface area contributed by atoms with Gasteiger partial charge in [-0.05, 0) is 30.9 Å². The molecule has 2 unspecified atom stereocenters. The summed E-state index contributed by atoms with van der Waals surface area (Å²) in [5.41, 5.74) is 0.446. The molecule has 0 bridgehead atoms. The van der Waals surface area contributed by atoms with Crippen molar-refractivity contribution >= 4 is 51.8 Å². The first kappa shape index (κ1) is 23.4. The molecule has 152 valence electrons. The van der Waals surface area contributed by atoms with Gasteiger partial charge in [0.15, 0.2) is 0 Å². The fourth-order valence-corrected chi connectivity index (χ4v) is 5.49. The number of esters is 1. The third kappa shape index (κ3) is 5.39. The Morgan fingerprint density at radius 2 is 1.43 bits per heavy atom. The van der Waals surface area contributed by atoms with Crippen molar-refractivity contribution in [1.29, 1.82) is 0 Å². The third-order valence-corrected chi connectivity index (χ3v) is 6.60. The molecule has 0 fully saturated rings. The minimum atomic E-state index is -2.37. The predicted molar refractivity (Wildman–Crippen MR) is 122 cm³/mol. The summed E-state index contributed by atoms with van der Waals surface area (Å²) >= 11 is 13.4. The topological polar surface area (TPSA) is 26.3 Å². The van der Waals surface area contributed by atoms with Gasteiger partial charge in [-0.25, -0.2) is 4.39 Å². The Balaban J connectivity index is 2.72. The van der Waals surface area contributed by atoms with Crippen molar-refractivity contribution in [2.24, 2.45) is 5.92 Å². The normalized spacial score (nSPS) is 14.6. The van der Waals surface area contributed by atoms with Crippen molar-refractivity contribution in [2.75, 3.05) is 0 Å². The summed E-state index contributed by atoms with van der Waals surface area (Å²) in [4.78, 5) is 13.6. The number of ether oxygens (including phenoxy) is 1. The van der Waals surface area contributed by atoms with Gasteiger partial charge in [-0.15, -0.1) is 0 Å². The molecule has 0 heterocycles. The van der Waals surface area contributed by atoms with Crippen LogP contribution in [0.2, 0.25) is 0 Å². The van der Waals surface area contributed by atoms with Gasteiger partial charge in [0.05, 0.1) is 6.10 Å². The number of hydrogen-bond acceptors (Lipinski definition) is 2. The van der Waals surface area contributed by atoms with E-state index in [4.69, 9.17) is 27.9 Å². The van der Waals surface area contributed by atoms with Crippen LogP contribution in [0.15, 0.2) is 60.7 Å². The summed E-state index contributed by atoms with van der Waals surface area (Å²) in [6, 6.07) is 18.9. The van der Waals surface area contributed by atoms with Gasteiger partial charge in [0, 0.05) is 10.3 Å². The first-order chi connectivity index (χ1) is 13.1. The van der Waals surface area contributed by atoms with Gasteiger partial charge < -0.3 is 4.74 Å². The standard InChI is InChI=1S/C22H24Cl2FIO2/c1-15(2)28-20(27)22(17-10-6-4-7-11-17,18-12-8-5-9-13-18)16(3)19(26)14-21(23,24)25/h4-13,15-16,19H,14H2,1-3H3. The molecular formula is C22H24Cl2FIO2. The zero-order valence-corrected chi connectivity index (χ0v) is 19.7. The van der Waals surface area contributed by atoms with Crippen LogP contribution in [0.4, 0.5) is 4.39 Å². The van der Waals surface area contributed by atoms with Gasteiger partial charge in [-0.1, -0.05) is 113 Å². The van der Waals surface area contributed by atoms with E-state index in [9.17, 15) is 9.18 Å². The molecule has 6 heteroatoms. The van der Waals surface area contributed by atoms with E-state index in [1.54, 1.807) is 0 Å². The van der Waals surface area contributed by atoms with E-state index in [2.05, 4.69) is 22.6 Å². The second-order valence-electron chi connectivity index (χ2n) is 7.12. The molecular weight excluding hydrogens is 513 g/mol. The molecule has 0 saturated carbocycles. The molecule has 0 N–H and O–H groups in total. The monoisotopic (exact) mass is 536 g/mol. The van der Waals surface area contributed by atoms with E-state index in [0.717, 1.165) is 11.1 Å². The summed E-state index contributed by atoms with van der Waals surface area (Å²) in [5, 5.41) is 0. The highest BCUT2D eigenvalue weighted by molar-refractivity contribution is 14.1. The molecule has 0 radical (unpaired) electrons. The van der Waals surface area contributed by atoms with Crippen LogP contribution in [-0.2, 0) is 14.9 Å². The Hall–Kier alpha value is -0.850. The summed E-state index contributed by atoms with van der Waals surface area (Å²) < 4.78 is 17.0. The van der Waals surface area contributed by atoms with E-state index in [1.807, 2.05) is 81.4 Å². The van der Waals surface area contributed by atoms with Gasteiger partial charge in [0.2, 0.25) is 0 Å². The van der Waals surface area contributed by atoms with Crippen LogP contribution in [0.3, 0.4) is 0 Å². The van der Waals surface area contributed by atoms with Gasteiger partial charge in [-0.2, -0.15) is 0 Å². The van der Waals surface area contributed by atoms with Gasteiger partial charge in [0.25, 0.3) is 4.59 Å². The van der Waals surface area contributed by atoms with Crippen molar-refractivity contribution in [3.8, 4) is 0 Å². The lowest BCUT2D eigenvalue weighted by Crippen LogP contribution is -2.48. The van der Waals surface area contributed by atoms with Crippen molar-refractivity contribution in [1.82, 2.24) is 0 Å². The summed E-state index contributed by atoms with van der Waals surface area (Å²) in [7, 11) is 0. The lowest BCUT2D eigenvalue weighted by atomic mass is 9.65. The molecule has 0 saturated heterocycles. The Morgan fingerprint density at radius 3 is 1.79 bits per heavy atom. The number of hydrogen-bond donors (Lipinski definition) is 0. The second kappa shape index (κ2) is 9.77. The Labute approximate surface area is 189 Å². The highest BCUT2D eigenvalue weighted by Crippen LogP contribution is 2.47. The first-order valence-electron chi connectivity index (χ1n) is 9.12. The summed E-state index contributed by atoms with van der Waals surface area (Å²) in [5.74, 6) is -0.723. The van der Waals surface area contributed by atoms with E-state index in [0.29, 0.717) is 0 Å². The maximum absolute atomic E-state index is 14.0. The van der Waals surface area contributed by atoms with Gasteiger partial charge in [-0.3, -0.25) is 4.79 Å². The Morgan fingerprint density at radius 1 is 1.00 bits per heavy atom. The third-order valence-electron chi connectivity index (χ3n) is 4.77. The predicted octanol–water partition coefficient (Wildman–Crippen LogP) is 6.86. The smallest absolute Gasteiger partial charge is 0.321 e. The molecule has 0 aliphatic rings. The average molecular weight is 537 g/mol. The average Bonchev–Trinajstić information content (AvgIpc) is 2.62. The van der Waals surface area contributed by atoms with E-state index < -0.39 is 10.0 Å². The lowest BCUT2D eigenvalue weighted by Gasteiger charge is -2.41. The molecule has 2 atom stereocenters. The maximum atomic E-state index is 14.0. The quantitative estimate of drug-likeness (QED) is 0.209. The van der Waals surface area contributed by atoms with Crippen LogP contribution in [0.25, 0.3) is 0 Å². The lowest BCUT2D eigenvalue weighted by molar-refractivity contribution is -0.154. The molecule has 2 aromatic carbocycles. The van der Waals surface area contributed by atoms with Crippen LogP contribution < -0.4 is 0 Å². The molecule has 2 nitrogen and oxygen atoms in total. The largest absolute Gasteiger partial charge is 0.462 e. The molecule has 0 spiro atoms. The van der Waals surface area contributed by atoms with Crippen LogP contribution in [0.5, 0.6) is 0 Å². The highest BCUT2D eigenvalue weighted by atomic mass is 127. The molecule has 28 heavy (non-hydrogen) atoms.